The molecule has 2 fully saturated rings. The largest absolute Gasteiger partial charge is 0.507 e. The molecule has 4 nitrogen and oxygen atoms in total. The molecule has 0 spiro atoms. The van der Waals surface area contributed by atoms with Crippen molar-refractivity contribution >= 4 is 11.0 Å². The summed E-state index contributed by atoms with van der Waals surface area (Å²) in [5.41, 5.74) is 18.3. The maximum atomic E-state index is 12.8. The number of phenols is 1. The first-order chi connectivity index (χ1) is 37.0. The van der Waals surface area contributed by atoms with Crippen LogP contribution in [-0.4, -0.2) is 19.6 Å². The summed E-state index contributed by atoms with van der Waals surface area (Å²) in [7, 11) is 0. The van der Waals surface area contributed by atoms with E-state index in [-0.39, 0.29) is 17.1 Å². The fourth-order valence-electron chi connectivity index (χ4n) is 11.7. The summed E-state index contributed by atoms with van der Waals surface area (Å²) in [6, 6.07) is 68.2. The van der Waals surface area contributed by atoms with Gasteiger partial charge in [-0.15, -0.1) is 0 Å². The van der Waals surface area contributed by atoms with Crippen molar-refractivity contribution < 1.29 is 7.85 Å². The van der Waals surface area contributed by atoms with Gasteiger partial charge in [0.1, 0.15) is 11.6 Å². The molecular formula is C70H65N3O. The molecule has 0 radical (unpaired) electrons. The minimum absolute atomic E-state index is 0.0659. The van der Waals surface area contributed by atoms with Crippen LogP contribution in [0.4, 0.5) is 0 Å². The number of benzene rings is 8. The van der Waals surface area contributed by atoms with Gasteiger partial charge in [-0.3, -0.25) is 9.55 Å². The van der Waals surface area contributed by atoms with E-state index in [2.05, 4.69) is 177 Å². The molecule has 2 aliphatic rings. The van der Waals surface area contributed by atoms with Crippen LogP contribution in [0.2, 0.25) is 0 Å². The molecule has 2 aliphatic carbocycles. The maximum Gasteiger partial charge on any atom is 0.149 e. The summed E-state index contributed by atoms with van der Waals surface area (Å²) in [5.74, 6) is 1.58. The number of rotatable bonds is 12. The van der Waals surface area contributed by atoms with E-state index in [4.69, 9.17) is 12.7 Å². The second kappa shape index (κ2) is 20.2. The standard InChI is InChI=1S/C70H65N3O/c1-70(2,3)59-42-57(41-58(43-59)64-46-55(36-37-71-64)52-33-30-49(31-34-52)38-47-18-13-14-19-47)60-28-17-29-66-67(60)72-69(63-45-56(51-22-7-4-8-23-51)44-62(68(63)74)54-26-11-6-12-27-54)73(66)65-35-32-50(39-48-20-15-16-21-48)40-61(65)53-24-9-5-10-25-53/h4-12,17,22-37,40-48,74H,13-16,18-21,38-39H2,1-3H3/i38D2. The maximum absolute atomic E-state index is 12.8. The van der Waals surface area contributed by atoms with E-state index in [0.717, 1.165) is 121 Å². The number of imidazole rings is 1. The van der Waals surface area contributed by atoms with Crippen LogP contribution in [0.25, 0.3) is 95.0 Å². The molecule has 366 valence electrons. The van der Waals surface area contributed by atoms with Crippen molar-refractivity contribution in [2.75, 3.05) is 0 Å². The van der Waals surface area contributed by atoms with Crippen LogP contribution in [0.5, 0.6) is 5.75 Å². The van der Waals surface area contributed by atoms with Gasteiger partial charge in [0.2, 0.25) is 0 Å². The number of phenolic OH excluding ortho intramolecular Hbond substituents is 1. The zero-order valence-corrected chi connectivity index (χ0v) is 42.9. The summed E-state index contributed by atoms with van der Waals surface area (Å²) in [6.45, 7) is 6.77. The molecule has 2 heterocycles. The van der Waals surface area contributed by atoms with Crippen LogP contribution < -0.4 is 0 Å². The summed E-state index contributed by atoms with van der Waals surface area (Å²) < 4.78 is 20.3. The molecule has 2 saturated carbocycles. The highest BCUT2D eigenvalue weighted by atomic mass is 16.3. The lowest BCUT2D eigenvalue weighted by atomic mass is 9.83. The molecule has 0 atom stereocenters. The number of aromatic hydroxyl groups is 1. The fourth-order valence-corrected chi connectivity index (χ4v) is 11.7. The number of hydrogen-bond acceptors (Lipinski definition) is 3. The Labute approximate surface area is 440 Å². The second-order valence-electron chi connectivity index (χ2n) is 21.9. The molecule has 12 rings (SSSR count). The topological polar surface area (TPSA) is 50.9 Å². The van der Waals surface area contributed by atoms with Gasteiger partial charge in [-0.1, -0.05) is 212 Å². The van der Waals surface area contributed by atoms with Crippen molar-refractivity contribution in [3.8, 4) is 89.7 Å². The molecule has 2 aromatic heterocycles. The van der Waals surface area contributed by atoms with Crippen LogP contribution >= 0.6 is 0 Å². The van der Waals surface area contributed by atoms with Crippen molar-refractivity contribution in [1.82, 2.24) is 14.5 Å². The third kappa shape index (κ3) is 9.62. The zero-order chi connectivity index (χ0) is 52.0. The Balaban J connectivity index is 1.06. The monoisotopic (exact) mass is 966 g/mol. The molecule has 10 aromatic rings. The average molecular weight is 966 g/mol. The molecule has 8 aromatic carbocycles. The Morgan fingerprint density at radius 3 is 1.80 bits per heavy atom. The summed E-state index contributed by atoms with van der Waals surface area (Å²) in [6.07, 6.45) is 10.9. The summed E-state index contributed by atoms with van der Waals surface area (Å²) in [4.78, 5) is 10.8. The molecule has 0 bridgehead atoms. The SMILES string of the molecule is [2H]C([2H])(c1ccc(-c2ccnc(-c3cc(-c4cccc5c4nc(-c4cc(-c6ccccc6)cc(-c6ccccc6)c4O)n5-c4ccc(CC5CCCC5)cc4-c4ccccc4)cc(C(C)(C)C)c3)c2)cc1)C1CCCC1. The first-order valence-corrected chi connectivity index (χ1v) is 26.9. The molecular weight excluding hydrogens is 899 g/mol. The Bertz CT molecular complexity index is 3700. The zero-order valence-electron chi connectivity index (χ0n) is 44.9. The third-order valence-corrected chi connectivity index (χ3v) is 15.7. The Morgan fingerprint density at radius 2 is 1.11 bits per heavy atom. The van der Waals surface area contributed by atoms with Crippen LogP contribution in [-0.2, 0) is 18.2 Å². The molecule has 74 heavy (non-hydrogen) atoms. The van der Waals surface area contributed by atoms with Gasteiger partial charge in [0, 0.05) is 31.2 Å². The van der Waals surface area contributed by atoms with E-state index < -0.39 is 6.37 Å². The predicted molar refractivity (Wildman–Crippen MR) is 309 cm³/mol. The van der Waals surface area contributed by atoms with Crippen molar-refractivity contribution in [2.24, 2.45) is 11.8 Å². The minimum atomic E-state index is -1.34. The van der Waals surface area contributed by atoms with E-state index in [1.807, 2.05) is 48.7 Å². The van der Waals surface area contributed by atoms with E-state index in [9.17, 15) is 5.11 Å². The Hall–Kier alpha value is -7.82. The highest BCUT2D eigenvalue weighted by Gasteiger charge is 2.27. The van der Waals surface area contributed by atoms with Gasteiger partial charge >= 0.3 is 0 Å². The Morgan fingerprint density at radius 1 is 0.500 bits per heavy atom. The molecule has 0 unspecified atom stereocenters. The Kier molecular flexibility index (Phi) is 12.3. The minimum Gasteiger partial charge on any atom is -0.507 e. The van der Waals surface area contributed by atoms with E-state index in [1.165, 1.54) is 36.8 Å². The first-order valence-electron chi connectivity index (χ1n) is 27.9. The van der Waals surface area contributed by atoms with Crippen LogP contribution in [0.1, 0.15) is 91.6 Å². The van der Waals surface area contributed by atoms with E-state index in [0.29, 0.717) is 17.3 Å². The predicted octanol–water partition coefficient (Wildman–Crippen LogP) is 18.6. The third-order valence-electron chi connectivity index (χ3n) is 15.7. The van der Waals surface area contributed by atoms with Crippen LogP contribution in [0.3, 0.4) is 0 Å². The number of para-hydroxylation sites is 1. The quantitative estimate of drug-likeness (QED) is 0.133. The lowest BCUT2D eigenvalue weighted by Crippen LogP contribution is -2.11. The number of pyridine rings is 1. The number of fused-ring (bicyclic) bond motifs is 1. The van der Waals surface area contributed by atoms with Gasteiger partial charge in [0.15, 0.2) is 0 Å². The number of aromatic nitrogens is 3. The molecule has 0 amide bonds. The first kappa shape index (κ1) is 44.8. The van der Waals surface area contributed by atoms with Crippen molar-refractivity contribution in [2.45, 2.75) is 90.3 Å². The molecule has 1 N–H and O–H groups in total. The number of hydrogen-bond donors (Lipinski definition) is 1. The van der Waals surface area contributed by atoms with Gasteiger partial charge in [-0.05, 0) is 140 Å². The molecule has 0 aliphatic heterocycles. The average Bonchev–Trinajstić information content (AvgIpc) is 4.27. The van der Waals surface area contributed by atoms with Crippen molar-refractivity contribution in [1.29, 1.82) is 0 Å². The van der Waals surface area contributed by atoms with Gasteiger partial charge in [-0.25, -0.2) is 4.98 Å². The van der Waals surface area contributed by atoms with Gasteiger partial charge in [-0.2, -0.15) is 0 Å². The number of nitrogens with zero attached hydrogens (tertiary/aromatic N) is 3. The molecule has 4 heteroatoms. The van der Waals surface area contributed by atoms with Crippen LogP contribution in [0, 0.1) is 11.8 Å². The van der Waals surface area contributed by atoms with Crippen LogP contribution in [0.15, 0.2) is 200 Å². The van der Waals surface area contributed by atoms with Gasteiger partial charge < -0.3 is 5.11 Å². The van der Waals surface area contributed by atoms with Gasteiger partial charge in [0.25, 0.3) is 0 Å². The molecule has 0 saturated heterocycles. The van der Waals surface area contributed by atoms with Crippen molar-refractivity contribution in [3.05, 3.63) is 217 Å². The smallest absolute Gasteiger partial charge is 0.149 e. The van der Waals surface area contributed by atoms with Crippen molar-refractivity contribution in [3.63, 3.8) is 0 Å². The lowest BCUT2D eigenvalue weighted by molar-refractivity contribution is 0.479. The fraction of sp³-hybridized carbons (Fsp3) is 0.229. The summed E-state index contributed by atoms with van der Waals surface area (Å²) >= 11 is 0. The highest BCUT2D eigenvalue weighted by molar-refractivity contribution is 5.99. The normalized spacial score (nSPS) is 14.9. The summed E-state index contributed by atoms with van der Waals surface area (Å²) in [5, 5.41) is 12.8. The van der Waals surface area contributed by atoms with Gasteiger partial charge in [0.05, 0.1) is 28.0 Å². The lowest BCUT2D eigenvalue weighted by Gasteiger charge is -2.22. The second-order valence-corrected chi connectivity index (χ2v) is 21.9. The van der Waals surface area contributed by atoms with E-state index >= 15 is 0 Å². The highest BCUT2D eigenvalue weighted by Crippen LogP contribution is 2.46. The van der Waals surface area contributed by atoms with E-state index in [1.54, 1.807) is 0 Å².